The highest BCUT2D eigenvalue weighted by Crippen LogP contribution is 2.47. The molecule has 0 spiro atoms. The van der Waals surface area contributed by atoms with Crippen LogP contribution in [0.1, 0.15) is 49.5 Å². The smallest absolute Gasteiger partial charge is 0.251 e. The number of hydrogen-bond acceptors (Lipinski definition) is 3. The van der Waals surface area contributed by atoms with Crippen LogP contribution in [0.25, 0.3) is 0 Å². The number of sulfonamides is 1. The molecular weight excluding hydrogens is 360 g/mol. The molecule has 0 aromatic heterocycles. The van der Waals surface area contributed by atoms with Crippen LogP contribution in [0.2, 0.25) is 0 Å². The largest absolute Gasteiger partial charge is 0.351 e. The summed E-state index contributed by atoms with van der Waals surface area (Å²) in [4.78, 5) is 12.6. The van der Waals surface area contributed by atoms with Gasteiger partial charge in [-0.1, -0.05) is 30.3 Å². The number of amides is 1. The molecule has 0 unspecified atom stereocenters. The summed E-state index contributed by atoms with van der Waals surface area (Å²) in [5, 5.41) is 2.99. The molecule has 6 heteroatoms. The quantitative estimate of drug-likeness (QED) is 0.800. The molecule has 1 aliphatic carbocycles. The third kappa shape index (κ3) is 4.76. The normalized spacial score (nSPS) is 16.0. The lowest BCUT2D eigenvalue weighted by molar-refractivity contribution is 0.0949. The predicted octanol–water partition coefficient (Wildman–Crippen LogP) is 3.23. The van der Waals surface area contributed by atoms with Gasteiger partial charge in [0.2, 0.25) is 10.0 Å². The van der Waals surface area contributed by atoms with Gasteiger partial charge in [0.25, 0.3) is 5.91 Å². The topological polar surface area (TPSA) is 75.3 Å². The van der Waals surface area contributed by atoms with Gasteiger partial charge in [-0.3, -0.25) is 4.79 Å². The molecule has 5 nitrogen and oxygen atoms in total. The molecule has 2 aromatic carbocycles. The zero-order valence-electron chi connectivity index (χ0n) is 16.0. The van der Waals surface area contributed by atoms with Gasteiger partial charge in [-0.15, -0.1) is 0 Å². The predicted molar refractivity (Wildman–Crippen MR) is 106 cm³/mol. The summed E-state index contributed by atoms with van der Waals surface area (Å²) in [6.07, 6.45) is 2.12. The second-order valence-electron chi connectivity index (χ2n) is 8.21. The third-order valence-corrected chi connectivity index (χ3v) is 6.47. The Bertz CT molecular complexity index is 910. The fourth-order valence-corrected chi connectivity index (χ4v) is 4.53. The van der Waals surface area contributed by atoms with E-state index in [0.717, 1.165) is 12.8 Å². The van der Waals surface area contributed by atoms with Crippen molar-refractivity contribution in [3.63, 3.8) is 0 Å². The van der Waals surface area contributed by atoms with Gasteiger partial charge in [-0.05, 0) is 63.4 Å². The summed E-state index contributed by atoms with van der Waals surface area (Å²) in [6.45, 7) is 5.94. The van der Waals surface area contributed by atoms with Crippen molar-refractivity contribution in [1.82, 2.24) is 10.0 Å². The van der Waals surface area contributed by atoms with E-state index in [-0.39, 0.29) is 16.2 Å². The summed E-state index contributed by atoms with van der Waals surface area (Å²) in [5.74, 6) is -0.190. The molecule has 3 rings (SSSR count). The van der Waals surface area contributed by atoms with Crippen molar-refractivity contribution in [2.24, 2.45) is 0 Å². The second kappa shape index (κ2) is 7.09. The molecule has 2 N–H and O–H groups in total. The molecule has 0 radical (unpaired) electrons. The lowest BCUT2D eigenvalue weighted by atomic mass is 9.96. The van der Waals surface area contributed by atoms with Gasteiger partial charge in [0.15, 0.2) is 0 Å². The Hall–Kier alpha value is -2.18. The van der Waals surface area contributed by atoms with Crippen molar-refractivity contribution in [3.8, 4) is 0 Å². The van der Waals surface area contributed by atoms with Gasteiger partial charge in [0, 0.05) is 23.1 Å². The van der Waals surface area contributed by atoms with E-state index in [2.05, 4.69) is 22.2 Å². The van der Waals surface area contributed by atoms with Crippen LogP contribution < -0.4 is 10.0 Å². The maximum absolute atomic E-state index is 12.5. The van der Waals surface area contributed by atoms with Crippen molar-refractivity contribution in [1.29, 1.82) is 0 Å². The van der Waals surface area contributed by atoms with Gasteiger partial charge >= 0.3 is 0 Å². The van der Waals surface area contributed by atoms with Crippen LogP contribution in [-0.4, -0.2) is 26.4 Å². The molecular formula is C21H26N2O3S. The highest BCUT2D eigenvalue weighted by atomic mass is 32.2. The standard InChI is InChI=1S/C21H26N2O3S/c1-20(2,3)23-27(25,26)18-11-9-16(10-12-18)19(24)22-15-21(13-14-21)17-7-5-4-6-8-17/h4-12,23H,13-15H2,1-3H3,(H,22,24). The Kier molecular flexibility index (Phi) is 5.14. The van der Waals surface area contributed by atoms with Gasteiger partial charge in [0.05, 0.1) is 4.90 Å². The summed E-state index contributed by atoms with van der Waals surface area (Å²) in [5.41, 5.74) is 1.18. The van der Waals surface area contributed by atoms with Crippen LogP contribution >= 0.6 is 0 Å². The maximum atomic E-state index is 12.5. The summed E-state index contributed by atoms with van der Waals surface area (Å²) in [6, 6.07) is 16.2. The Morgan fingerprint density at radius 3 is 2.11 bits per heavy atom. The average Bonchev–Trinajstić information content (AvgIpc) is 3.40. The van der Waals surface area contributed by atoms with E-state index < -0.39 is 15.6 Å². The minimum Gasteiger partial charge on any atom is -0.351 e. The first-order valence-corrected chi connectivity index (χ1v) is 10.6. The van der Waals surface area contributed by atoms with E-state index in [9.17, 15) is 13.2 Å². The molecule has 0 aliphatic heterocycles. The molecule has 0 saturated heterocycles. The fourth-order valence-electron chi connectivity index (χ4n) is 3.11. The van der Waals surface area contributed by atoms with E-state index >= 15 is 0 Å². The maximum Gasteiger partial charge on any atom is 0.251 e. The van der Waals surface area contributed by atoms with Crippen LogP contribution in [0.5, 0.6) is 0 Å². The lowest BCUT2D eigenvalue weighted by Crippen LogP contribution is -2.40. The molecule has 144 valence electrons. The number of carbonyl (C=O) groups is 1. The van der Waals surface area contributed by atoms with E-state index in [4.69, 9.17) is 0 Å². The first-order chi connectivity index (χ1) is 12.6. The van der Waals surface area contributed by atoms with Crippen LogP contribution in [0.4, 0.5) is 0 Å². The summed E-state index contributed by atoms with van der Waals surface area (Å²) >= 11 is 0. The van der Waals surface area contributed by atoms with Gasteiger partial charge < -0.3 is 5.32 Å². The highest BCUT2D eigenvalue weighted by Gasteiger charge is 2.44. The molecule has 27 heavy (non-hydrogen) atoms. The minimum absolute atomic E-state index is 0.0385. The van der Waals surface area contributed by atoms with E-state index in [0.29, 0.717) is 12.1 Å². The van der Waals surface area contributed by atoms with Crippen molar-refractivity contribution in [3.05, 3.63) is 65.7 Å². The Morgan fingerprint density at radius 1 is 1.00 bits per heavy atom. The Labute approximate surface area is 161 Å². The first-order valence-electron chi connectivity index (χ1n) is 9.09. The summed E-state index contributed by atoms with van der Waals surface area (Å²) in [7, 11) is -3.60. The van der Waals surface area contributed by atoms with Crippen LogP contribution in [0.3, 0.4) is 0 Å². The van der Waals surface area contributed by atoms with Crippen molar-refractivity contribution < 1.29 is 13.2 Å². The molecule has 0 heterocycles. The summed E-state index contributed by atoms with van der Waals surface area (Å²) < 4.78 is 27.3. The Morgan fingerprint density at radius 2 is 1.59 bits per heavy atom. The molecule has 0 atom stereocenters. The van der Waals surface area contributed by atoms with Gasteiger partial charge in [-0.2, -0.15) is 0 Å². The van der Waals surface area contributed by atoms with Crippen LogP contribution in [-0.2, 0) is 15.4 Å². The molecule has 0 bridgehead atoms. The zero-order chi connectivity index (χ0) is 19.7. The second-order valence-corrected chi connectivity index (χ2v) is 9.89. The number of rotatable bonds is 6. The van der Waals surface area contributed by atoms with Crippen molar-refractivity contribution in [2.45, 2.75) is 49.5 Å². The lowest BCUT2D eigenvalue weighted by Gasteiger charge is -2.20. The SMILES string of the molecule is CC(C)(C)NS(=O)(=O)c1ccc(C(=O)NCC2(c3ccccc3)CC2)cc1. The van der Waals surface area contributed by atoms with E-state index in [1.54, 1.807) is 32.9 Å². The number of benzene rings is 2. The monoisotopic (exact) mass is 386 g/mol. The van der Waals surface area contributed by atoms with Crippen LogP contribution in [0, 0.1) is 0 Å². The first kappa shape index (κ1) is 19.6. The fraction of sp³-hybridized carbons (Fsp3) is 0.381. The van der Waals surface area contributed by atoms with Gasteiger partial charge in [0.1, 0.15) is 0 Å². The molecule has 1 aliphatic rings. The third-order valence-electron chi connectivity index (χ3n) is 4.69. The van der Waals surface area contributed by atoms with E-state index in [1.807, 2.05) is 18.2 Å². The highest BCUT2D eigenvalue weighted by molar-refractivity contribution is 7.89. The number of hydrogen-bond donors (Lipinski definition) is 2. The van der Waals surface area contributed by atoms with Crippen molar-refractivity contribution >= 4 is 15.9 Å². The van der Waals surface area contributed by atoms with Gasteiger partial charge in [-0.25, -0.2) is 13.1 Å². The average molecular weight is 387 g/mol. The minimum atomic E-state index is -3.60. The molecule has 1 saturated carbocycles. The Balaban J connectivity index is 1.65. The van der Waals surface area contributed by atoms with Crippen LogP contribution in [0.15, 0.2) is 59.5 Å². The van der Waals surface area contributed by atoms with Crippen molar-refractivity contribution in [2.75, 3.05) is 6.54 Å². The molecule has 1 fully saturated rings. The van der Waals surface area contributed by atoms with E-state index in [1.165, 1.54) is 17.7 Å². The number of carbonyl (C=O) groups excluding carboxylic acids is 1. The zero-order valence-corrected chi connectivity index (χ0v) is 16.8. The molecule has 2 aromatic rings. The molecule has 1 amide bonds. The number of nitrogens with one attached hydrogen (secondary N) is 2.